The molecule has 1 rings (SSSR count). The number of hydrogen-bond acceptors (Lipinski definition) is 3. The fraction of sp³-hybridized carbons (Fsp3) is 1.00. The van der Waals surface area contributed by atoms with Crippen molar-refractivity contribution in [1.82, 2.24) is 0 Å². The molecule has 0 bridgehead atoms. The predicted octanol–water partition coefficient (Wildman–Crippen LogP) is 0.801. The van der Waals surface area contributed by atoms with Gasteiger partial charge in [-0.25, -0.2) is 0 Å². The van der Waals surface area contributed by atoms with E-state index in [1.807, 2.05) is 6.92 Å². The zero-order valence-electron chi connectivity index (χ0n) is 6.47. The second-order valence-corrected chi connectivity index (χ2v) is 2.72. The zero-order valence-corrected chi connectivity index (χ0v) is 6.47. The summed E-state index contributed by atoms with van der Waals surface area (Å²) in [7, 11) is 0. The Kier molecular flexibility index (Phi) is 2.70. The summed E-state index contributed by atoms with van der Waals surface area (Å²) in [5.74, 6) is 0. The van der Waals surface area contributed by atoms with Crippen LogP contribution < -0.4 is 5.73 Å². The Labute approximate surface area is 65.1 Å². The number of rotatable bonds is 1. The largest absolute Gasteiger partial charge is 0.378 e. The Morgan fingerprint density at radius 1 is 1.73 bits per heavy atom. The standard InChI is InChI=1S/C6H12N4O/c1-4-6(9-10-8)5(7)2-3-11-4/h4-6H,2-3,7H2,1H3/t4-,5-,6+/m0/s1. The van der Waals surface area contributed by atoms with E-state index < -0.39 is 0 Å². The molecule has 1 heterocycles. The van der Waals surface area contributed by atoms with Gasteiger partial charge >= 0.3 is 0 Å². The first-order valence-corrected chi connectivity index (χ1v) is 3.67. The Morgan fingerprint density at radius 3 is 3.00 bits per heavy atom. The van der Waals surface area contributed by atoms with Crippen LogP contribution in [0.4, 0.5) is 0 Å². The van der Waals surface area contributed by atoms with Gasteiger partial charge in [-0.15, -0.1) is 0 Å². The van der Waals surface area contributed by atoms with Crippen LogP contribution in [0.3, 0.4) is 0 Å². The van der Waals surface area contributed by atoms with Crippen molar-refractivity contribution >= 4 is 0 Å². The summed E-state index contributed by atoms with van der Waals surface area (Å²) in [4.78, 5) is 2.73. The molecule has 0 aromatic heterocycles. The molecule has 0 unspecified atom stereocenters. The molecular formula is C6H12N4O. The van der Waals surface area contributed by atoms with Gasteiger partial charge in [0.1, 0.15) is 0 Å². The Bertz CT molecular complexity index is 167. The molecule has 1 fully saturated rings. The minimum atomic E-state index is -0.200. The van der Waals surface area contributed by atoms with Gasteiger partial charge < -0.3 is 10.5 Å². The van der Waals surface area contributed by atoms with Gasteiger partial charge in [0.05, 0.1) is 12.1 Å². The monoisotopic (exact) mass is 156 g/mol. The van der Waals surface area contributed by atoms with Crippen molar-refractivity contribution in [3.05, 3.63) is 10.4 Å². The summed E-state index contributed by atoms with van der Waals surface area (Å²) in [6.45, 7) is 2.54. The highest BCUT2D eigenvalue weighted by Gasteiger charge is 2.27. The van der Waals surface area contributed by atoms with Crippen LogP contribution in [0.25, 0.3) is 10.4 Å². The lowest BCUT2D eigenvalue weighted by molar-refractivity contribution is 0.00483. The lowest BCUT2D eigenvalue weighted by atomic mass is 10.00. The van der Waals surface area contributed by atoms with Gasteiger partial charge in [-0.3, -0.25) is 0 Å². The van der Waals surface area contributed by atoms with E-state index in [1.54, 1.807) is 0 Å². The van der Waals surface area contributed by atoms with Gasteiger partial charge in [-0.1, -0.05) is 5.11 Å². The first-order valence-electron chi connectivity index (χ1n) is 3.67. The number of nitrogens with zero attached hydrogens (tertiary/aromatic N) is 3. The lowest BCUT2D eigenvalue weighted by Gasteiger charge is -2.30. The van der Waals surface area contributed by atoms with E-state index in [0.29, 0.717) is 6.61 Å². The van der Waals surface area contributed by atoms with E-state index in [4.69, 9.17) is 16.0 Å². The molecule has 1 aliphatic rings. The van der Waals surface area contributed by atoms with Gasteiger partial charge in [-0.05, 0) is 18.9 Å². The average molecular weight is 156 g/mol. The lowest BCUT2D eigenvalue weighted by Crippen LogP contribution is -2.46. The highest BCUT2D eigenvalue weighted by Crippen LogP contribution is 2.15. The molecule has 0 spiro atoms. The second-order valence-electron chi connectivity index (χ2n) is 2.72. The molecule has 5 nitrogen and oxygen atoms in total. The third-order valence-corrected chi connectivity index (χ3v) is 1.94. The molecule has 0 radical (unpaired) electrons. The molecule has 62 valence electrons. The smallest absolute Gasteiger partial charge is 0.0785 e. The van der Waals surface area contributed by atoms with Gasteiger partial charge in [0.25, 0.3) is 0 Å². The van der Waals surface area contributed by atoms with Crippen molar-refractivity contribution in [2.24, 2.45) is 10.8 Å². The van der Waals surface area contributed by atoms with Gasteiger partial charge in [0.15, 0.2) is 0 Å². The molecule has 0 amide bonds. The van der Waals surface area contributed by atoms with E-state index in [1.165, 1.54) is 0 Å². The number of ether oxygens (including phenoxy) is 1. The van der Waals surface area contributed by atoms with Crippen LogP contribution >= 0.6 is 0 Å². The van der Waals surface area contributed by atoms with Crippen LogP contribution in [0.2, 0.25) is 0 Å². The van der Waals surface area contributed by atoms with Crippen LogP contribution in [0, 0.1) is 0 Å². The highest BCUT2D eigenvalue weighted by molar-refractivity contribution is 4.87. The van der Waals surface area contributed by atoms with E-state index >= 15 is 0 Å². The third kappa shape index (κ3) is 1.83. The Balaban J connectivity index is 2.62. The fourth-order valence-corrected chi connectivity index (χ4v) is 1.25. The molecule has 5 heteroatoms. The van der Waals surface area contributed by atoms with E-state index in [9.17, 15) is 0 Å². The summed E-state index contributed by atoms with van der Waals surface area (Å²) in [6.07, 6.45) is 0.725. The quantitative estimate of drug-likeness (QED) is 0.346. The maximum atomic E-state index is 8.20. The number of hydrogen-bond donors (Lipinski definition) is 1. The molecule has 2 N–H and O–H groups in total. The zero-order chi connectivity index (χ0) is 8.27. The van der Waals surface area contributed by atoms with E-state index in [2.05, 4.69) is 10.0 Å². The van der Waals surface area contributed by atoms with Crippen LogP contribution in [0.5, 0.6) is 0 Å². The summed E-state index contributed by atoms with van der Waals surface area (Å²) in [5.41, 5.74) is 13.9. The van der Waals surface area contributed by atoms with Gasteiger partial charge in [-0.2, -0.15) is 0 Å². The van der Waals surface area contributed by atoms with Crippen molar-refractivity contribution in [2.75, 3.05) is 6.61 Å². The first-order chi connectivity index (χ1) is 5.25. The molecule has 3 atom stereocenters. The first kappa shape index (κ1) is 8.33. The molecule has 0 aliphatic carbocycles. The maximum Gasteiger partial charge on any atom is 0.0785 e. The topological polar surface area (TPSA) is 84.0 Å². The van der Waals surface area contributed by atoms with Crippen molar-refractivity contribution in [3.63, 3.8) is 0 Å². The normalized spacial score (nSPS) is 37.8. The molecular weight excluding hydrogens is 144 g/mol. The van der Waals surface area contributed by atoms with Crippen LogP contribution in [-0.4, -0.2) is 24.8 Å². The Hall–Kier alpha value is -0.770. The van der Waals surface area contributed by atoms with Crippen molar-refractivity contribution < 1.29 is 4.74 Å². The molecule has 0 aromatic carbocycles. The summed E-state index contributed by atoms with van der Waals surface area (Å²) in [6, 6.07) is -0.247. The van der Waals surface area contributed by atoms with Crippen molar-refractivity contribution in [1.29, 1.82) is 0 Å². The molecule has 1 saturated heterocycles. The fourth-order valence-electron chi connectivity index (χ4n) is 1.25. The minimum absolute atomic E-state index is 0.0466. The third-order valence-electron chi connectivity index (χ3n) is 1.94. The van der Waals surface area contributed by atoms with E-state index in [-0.39, 0.29) is 18.2 Å². The summed E-state index contributed by atoms with van der Waals surface area (Å²) in [5, 5.41) is 3.58. The van der Waals surface area contributed by atoms with Crippen molar-refractivity contribution in [3.8, 4) is 0 Å². The SMILES string of the molecule is C[C@@H]1OCC[C@H](N)[C@@H]1N=[N+]=[N-]. The molecule has 0 saturated carbocycles. The molecule has 0 aromatic rings. The maximum absolute atomic E-state index is 8.20. The second kappa shape index (κ2) is 3.57. The predicted molar refractivity (Wildman–Crippen MR) is 40.9 cm³/mol. The number of nitrogens with two attached hydrogens (primary N) is 1. The van der Waals surface area contributed by atoms with Crippen LogP contribution in [-0.2, 0) is 4.74 Å². The van der Waals surface area contributed by atoms with Crippen LogP contribution in [0.15, 0.2) is 5.11 Å². The number of azide groups is 1. The van der Waals surface area contributed by atoms with Crippen molar-refractivity contribution in [2.45, 2.75) is 31.5 Å². The minimum Gasteiger partial charge on any atom is -0.378 e. The summed E-state index contributed by atoms with van der Waals surface area (Å²) < 4.78 is 5.27. The van der Waals surface area contributed by atoms with Gasteiger partial charge in [0, 0.05) is 17.6 Å². The molecule has 1 aliphatic heterocycles. The average Bonchev–Trinajstić information content (AvgIpc) is 1.97. The summed E-state index contributed by atoms with van der Waals surface area (Å²) >= 11 is 0. The molecule has 11 heavy (non-hydrogen) atoms. The highest BCUT2D eigenvalue weighted by atomic mass is 16.5. The Morgan fingerprint density at radius 2 is 2.45 bits per heavy atom. The van der Waals surface area contributed by atoms with E-state index in [0.717, 1.165) is 6.42 Å². The van der Waals surface area contributed by atoms with Crippen LogP contribution in [0.1, 0.15) is 13.3 Å². The van der Waals surface area contributed by atoms with Gasteiger partial charge in [0.2, 0.25) is 0 Å².